The number of aromatic nitrogens is 2. The van der Waals surface area contributed by atoms with Crippen LogP contribution in [0.15, 0.2) is 35.1 Å². The molecule has 0 saturated carbocycles. The van der Waals surface area contributed by atoms with Gasteiger partial charge in [-0.15, -0.1) is 0 Å². The first kappa shape index (κ1) is 11.4. The zero-order valence-corrected chi connectivity index (χ0v) is 10.2. The molecule has 0 aliphatic carbocycles. The lowest BCUT2D eigenvalue weighted by molar-refractivity contribution is 0.460. The Balaban J connectivity index is 2.35. The van der Waals surface area contributed by atoms with Crippen molar-refractivity contribution in [1.82, 2.24) is 9.97 Å². The maximum Gasteiger partial charge on any atom is 0.256 e. The molecule has 1 aromatic heterocycles. The van der Waals surface area contributed by atoms with Crippen LogP contribution in [0.2, 0.25) is 0 Å². The first-order chi connectivity index (χ1) is 8.20. The Morgan fingerprint density at radius 2 is 2.06 bits per heavy atom. The zero-order valence-electron chi connectivity index (χ0n) is 8.59. The SMILES string of the molecule is N#Cc1nccnc1Oc1ccc(Br)cc1N. The highest BCUT2D eigenvalue weighted by Crippen LogP contribution is 2.29. The first-order valence-corrected chi connectivity index (χ1v) is 5.44. The molecule has 1 heterocycles. The number of halogens is 1. The van der Waals surface area contributed by atoms with Gasteiger partial charge in [-0.2, -0.15) is 5.26 Å². The topological polar surface area (TPSA) is 84.8 Å². The molecule has 2 N–H and O–H groups in total. The molecule has 0 bridgehead atoms. The number of nitrogen functional groups attached to an aromatic ring is 1. The van der Waals surface area contributed by atoms with Crippen LogP contribution in [0, 0.1) is 11.3 Å². The van der Waals surface area contributed by atoms with Crippen molar-refractivity contribution in [2.75, 3.05) is 5.73 Å². The van der Waals surface area contributed by atoms with Crippen molar-refractivity contribution in [3.8, 4) is 17.7 Å². The number of nitrogens with zero attached hydrogens (tertiary/aromatic N) is 3. The Morgan fingerprint density at radius 3 is 2.76 bits per heavy atom. The van der Waals surface area contributed by atoms with Gasteiger partial charge in [-0.1, -0.05) is 15.9 Å². The molecule has 2 rings (SSSR count). The van der Waals surface area contributed by atoms with Gasteiger partial charge in [0.05, 0.1) is 5.69 Å². The standard InChI is InChI=1S/C11H7BrN4O/c12-7-1-2-10(8(14)5-7)17-11-9(6-13)15-3-4-16-11/h1-5H,14H2. The molecule has 0 spiro atoms. The average molecular weight is 291 g/mol. The fourth-order valence-corrected chi connectivity index (χ4v) is 1.57. The number of hydrogen-bond acceptors (Lipinski definition) is 5. The molecule has 0 aliphatic rings. The minimum Gasteiger partial charge on any atom is -0.434 e. The number of rotatable bonds is 2. The van der Waals surface area contributed by atoms with E-state index in [4.69, 9.17) is 15.7 Å². The summed E-state index contributed by atoms with van der Waals surface area (Å²) < 4.78 is 6.29. The molecule has 0 atom stereocenters. The van der Waals surface area contributed by atoms with Crippen molar-refractivity contribution in [2.24, 2.45) is 0 Å². The van der Waals surface area contributed by atoms with Crippen molar-refractivity contribution in [3.05, 3.63) is 40.8 Å². The van der Waals surface area contributed by atoms with E-state index in [1.807, 2.05) is 6.07 Å². The Morgan fingerprint density at radius 1 is 1.29 bits per heavy atom. The molecule has 5 nitrogen and oxygen atoms in total. The highest BCUT2D eigenvalue weighted by atomic mass is 79.9. The fourth-order valence-electron chi connectivity index (χ4n) is 1.19. The molecule has 6 heteroatoms. The second-order valence-corrected chi connectivity index (χ2v) is 4.02. The third-order valence-corrected chi connectivity index (χ3v) is 2.44. The molecule has 0 aliphatic heterocycles. The van der Waals surface area contributed by atoms with Gasteiger partial charge in [0, 0.05) is 16.9 Å². The van der Waals surface area contributed by atoms with Crippen molar-refractivity contribution in [3.63, 3.8) is 0 Å². The van der Waals surface area contributed by atoms with Gasteiger partial charge in [0.2, 0.25) is 5.69 Å². The summed E-state index contributed by atoms with van der Waals surface area (Å²) in [5.74, 6) is 0.578. The van der Waals surface area contributed by atoms with E-state index in [9.17, 15) is 0 Å². The molecule has 0 radical (unpaired) electrons. The van der Waals surface area contributed by atoms with Crippen LogP contribution in [0.25, 0.3) is 0 Å². The van der Waals surface area contributed by atoms with Crippen LogP contribution in [-0.4, -0.2) is 9.97 Å². The molecule has 0 unspecified atom stereocenters. The molecule has 84 valence electrons. The van der Waals surface area contributed by atoms with Crippen LogP contribution in [0.3, 0.4) is 0 Å². The van der Waals surface area contributed by atoms with Gasteiger partial charge in [-0.3, -0.25) is 0 Å². The number of hydrogen-bond donors (Lipinski definition) is 1. The van der Waals surface area contributed by atoms with Crippen molar-refractivity contribution in [2.45, 2.75) is 0 Å². The van der Waals surface area contributed by atoms with E-state index in [0.717, 1.165) is 4.47 Å². The minimum absolute atomic E-state index is 0.120. The number of benzene rings is 1. The highest BCUT2D eigenvalue weighted by Gasteiger charge is 2.09. The van der Waals surface area contributed by atoms with Crippen molar-refractivity contribution >= 4 is 21.6 Å². The summed E-state index contributed by atoms with van der Waals surface area (Å²) in [4.78, 5) is 7.78. The fraction of sp³-hybridized carbons (Fsp3) is 0. The summed E-state index contributed by atoms with van der Waals surface area (Å²) in [5.41, 5.74) is 6.35. The highest BCUT2D eigenvalue weighted by molar-refractivity contribution is 9.10. The molecule has 0 saturated heterocycles. The summed E-state index contributed by atoms with van der Waals surface area (Å²) in [6, 6.07) is 7.08. The molecule has 0 fully saturated rings. The van der Waals surface area contributed by atoms with Gasteiger partial charge >= 0.3 is 0 Å². The maximum absolute atomic E-state index is 8.84. The van der Waals surface area contributed by atoms with Gasteiger partial charge in [-0.05, 0) is 18.2 Å². The van der Waals surface area contributed by atoms with E-state index >= 15 is 0 Å². The van der Waals surface area contributed by atoms with Crippen LogP contribution in [0.5, 0.6) is 11.6 Å². The molecular weight excluding hydrogens is 284 g/mol. The summed E-state index contributed by atoms with van der Waals surface area (Å²) in [6.45, 7) is 0. The van der Waals surface area contributed by atoms with E-state index in [1.54, 1.807) is 18.2 Å². The largest absolute Gasteiger partial charge is 0.434 e. The number of anilines is 1. The van der Waals surface area contributed by atoms with Crippen LogP contribution in [-0.2, 0) is 0 Å². The van der Waals surface area contributed by atoms with Gasteiger partial charge in [0.1, 0.15) is 6.07 Å². The van der Waals surface area contributed by atoms with E-state index in [-0.39, 0.29) is 11.6 Å². The Kier molecular flexibility index (Phi) is 3.21. The first-order valence-electron chi connectivity index (χ1n) is 4.64. The normalized spacial score (nSPS) is 9.65. The van der Waals surface area contributed by atoms with E-state index in [2.05, 4.69) is 25.9 Å². The molecule has 17 heavy (non-hydrogen) atoms. The predicted molar refractivity (Wildman–Crippen MR) is 65.4 cm³/mol. The summed E-state index contributed by atoms with van der Waals surface area (Å²) in [6.07, 6.45) is 2.88. The summed E-state index contributed by atoms with van der Waals surface area (Å²) >= 11 is 3.29. The Bertz CT molecular complexity index is 594. The number of ether oxygens (including phenoxy) is 1. The molecular formula is C11H7BrN4O. The van der Waals surface area contributed by atoms with Crippen LogP contribution < -0.4 is 10.5 Å². The van der Waals surface area contributed by atoms with Gasteiger partial charge in [0.25, 0.3) is 5.88 Å². The van der Waals surface area contributed by atoms with E-state index in [1.165, 1.54) is 12.4 Å². The van der Waals surface area contributed by atoms with Crippen LogP contribution in [0.1, 0.15) is 5.69 Å². The third-order valence-electron chi connectivity index (χ3n) is 1.95. The van der Waals surface area contributed by atoms with E-state index < -0.39 is 0 Å². The van der Waals surface area contributed by atoms with Gasteiger partial charge in [-0.25, -0.2) is 9.97 Å². The molecule has 1 aromatic carbocycles. The van der Waals surface area contributed by atoms with Gasteiger partial charge < -0.3 is 10.5 Å². The quantitative estimate of drug-likeness (QED) is 0.859. The molecule has 2 aromatic rings. The molecule has 0 amide bonds. The Labute approximate surface area is 106 Å². The monoisotopic (exact) mass is 290 g/mol. The lowest BCUT2D eigenvalue weighted by Crippen LogP contribution is -1.97. The Hall–Kier alpha value is -2.13. The number of nitrogens with two attached hydrogens (primary N) is 1. The smallest absolute Gasteiger partial charge is 0.256 e. The van der Waals surface area contributed by atoms with Crippen molar-refractivity contribution < 1.29 is 4.74 Å². The average Bonchev–Trinajstić information content (AvgIpc) is 2.33. The minimum atomic E-state index is 0.120. The summed E-state index contributed by atoms with van der Waals surface area (Å²) in [5, 5.41) is 8.84. The number of nitriles is 1. The van der Waals surface area contributed by atoms with Gasteiger partial charge in [0.15, 0.2) is 5.75 Å². The van der Waals surface area contributed by atoms with Crippen molar-refractivity contribution in [1.29, 1.82) is 5.26 Å². The zero-order chi connectivity index (χ0) is 12.3. The maximum atomic E-state index is 8.84. The second-order valence-electron chi connectivity index (χ2n) is 3.11. The van der Waals surface area contributed by atoms with Crippen LogP contribution in [0.4, 0.5) is 5.69 Å². The third kappa shape index (κ3) is 2.52. The lowest BCUT2D eigenvalue weighted by Gasteiger charge is -2.07. The van der Waals surface area contributed by atoms with E-state index in [0.29, 0.717) is 11.4 Å². The lowest BCUT2D eigenvalue weighted by atomic mass is 10.3. The summed E-state index contributed by atoms with van der Waals surface area (Å²) in [7, 11) is 0. The predicted octanol–water partition coefficient (Wildman–Crippen LogP) is 2.49. The second kappa shape index (κ2) is 4.80. The van der Waals surface area contributed by atoms with Crippen LogP contribution >= 0.6 is 15.9 Å².